The van der Waals surface area contributed by atoms with E-state index in [1.54, 1.807) is 5.32 Å². The number of fused-ring (bicyclic) bond motifs is 3. The summed E-state index contributed by atoms with van der Waals surface area (Å²) >= 11 is 0. The van der Waals surface area contributed by atoms with Crippen molar-refractivity contribution in [2.45, 2.75) is 43.4 Å². The van der Waals surface area contributed by atoms with Gasteiger partial charge in [-0.15, -0.1) is 6.58 Å². The molecule has 0 aliphatic heterocycles. The number of nitrogens with one attached hydrogen (secondary N) is 2. The van der Waals surface area contributed by atoms with Crippen LogP contribution in [-0.2, 0) is 14.3 Å². The molecule has 1 aliphatic rings. The number of carbonyl (C=O) groups is 3. The first-order valence-electron chi connectivity index (χ1n) is 10.9. The number of alkyl halides is 3. The second-order valence-electron chi connectivity index (χ2n) is 8.09. The van der Waals surface area contributed by atoms with E-state index < -0.39 is 49.1 Å². The Morgan fingerprint density at radius 1 is 1.03 bits per heavy atom. The lowest BCUT2D eigenvalue weighted by Crippen LogP contribution is -2.47. The summed E-state index contributed by atoms with van der Waals surface area (Å²) in [5.74, 6) is -2.54. The molecule has 0 spiro atoms. The van der Waals surface area contributed by atoms with Crippen LogP contribution in [0, 0.1) is 0 Å². The van der Waals surface area contributed by atoms with Crippen LogP contribution in [0.15, 0.2) is 61.2 Å². The molecule has 186 valence electrons. The number of alkyl carbamates (subject to hydrolysis) is 1. The summed E-state index contributed by atoms with van der Waals surface area (Å²) in [4.78, 5) is 35.3. The minimum atomic E-state index is -4.83. The number of halogens is 3. The van der Waals surface area contributed by atoms with Gasteiger partial charge in [-0.25, -0.2) is 9.59 Å². The molecule has 0 bridgehead atoms. The molecule has 2 amide bonds. The summed E-state index contributed by atoms with van der Waals surface area (Å²) in [6, 6.07) is 11.4. The van der Waals surface area contributed by atoms with Crippen LogP contribution in [0.3, 0.4) is 0 Å². The first kappa shape index (κ1) is 25.8. The van der Waals surface area contributed by atoms with Gasteiger partial charge < -0.3 is 20.5 Å². The third-order valence-corrected chi connectivity index (χ3v) is 5.73. The normalized spacial score (nSPS) is 14.3. The van der Waals surface area contributed by atoms with E-state index in [-0.39, 0.29) is 18.9 Å². The van der Waals surface area contributed by atoms with Crippen molar-refractivity contribution in [1.82, 2.24) is 10.6 Å². The maximum absolute atomic E-state index is 13.5. The van der Waals surface area contributed by atoms with Gasteiger partial charge in [-0.05, 0) is 35.1 Å². The zero-order valence-corrected chi connectivity index (χ0v) is 18.7. The minimum absolute atomic E-state index is 0.0816. The molecule has 0 radical (unpaired) electrons. The Hall–Kier alpha value is -3.82. The van der Waals surface area contributed by atoms with Gasteiger partial charge in [0.05, 0.1) is 0 Å². The van der Waals surface area contributed by atoms with Gasteiger partial charge in [0.2, 0.25) is 5.91 Å². The van der Waals surface area contributed by atoms with Crippen LogP contribution < -0.4 is 10.6 Å². The van der Waals surface area contributed by atoms with E-state index >= 15 is 0 Å². The molecule has 0 fully saturated rings. The van der Waals surface area contributed by atoms with Gasteiger partial charge in [0.25, 0.3) is 0 Å². The molecule has 3 rings (SSSR count). The van der Waals surface area contributed by atoms with Crippen LogP contribution in [0.2, 0.25) is 0 Å². The SMILES string of the molecule is C=CCC(NC(=O)CC[C@H](NC(=O)OCC1c2ccccc2-c2ccccc21)C(F)(F)F)C(=O)O. The lowest BCUT2D eigenvalue weighted by molar-refractivity contribution is -0.157. The molecule has 2 atom stereocenters. The van der Waals surface area contributed by atoms with Gasteiger partial charge in [0.1, 0.15) is 18.7 Å². The number of hydrogen-bond donors (Lipinski definition) is 3. The summed E-state index contributed by atoms with van der Waals surface area (Å²) in [5, 5.41) is 13.0. The number of rotatable bonds is 10. The number of benzene rings is 2. The summed E-state index contributed by atoms with van der Waals surface area (Å²) < 4.78 is 45.6. The van der Waals surface area contributed by atoms with Crippen molar-refractivity contribution in [1.29, 1.82) is 0 Å². The maximum atomic E-state index is 13.5. The standard InChI is InChI=1S/C25H25F3N2O5/c1-2-7-20(23(32)33)29-22(31)13-12-21(25(26,27)28)30-24(34)35-14-19-17-10-5-3-8-15(17)16-9-4-6-11-18(16)19/h2-6,8-11,19-21H,1,7,12-14H2,(H,29,31)(H,30,34)(H,32,33)/t20?,21-/m0/s1. The maximum Gasteiger partial charge on any atom is 0.408 e. The largest absolute Gasteiger partial charge is 0.480 e. The fraction of sp³-hybridized carbons (Fsp3) is 0.320. The molecule has 1 aliphatic carbocycles. The molecular formula is C25H25F3N2O5. The number of ether oxygens (including phenoxy) is 1. The molecule has 2 aromatic carbocycles. The van der Waals surface area contributed by atoms with Crippen LogP contribution in [0.25, 0.3) is 11.1 Å². The molecule has 2 aromatic rings. The number of carbonyl (C=O) groups excluding carboxylic acids is 2. The highest BCUT2D eigenvalue weighted by Crippen LogP contribution is 2.44. The van der Waals surface area contributed by atoms with Crippen LogP contribution in [-0.4, -0.2) is 47.9 Å². The number of aliphatic carboxylic acids is 1. The Kier molecular flexibility index (Phi) is 8.16. The molecule has 0 saturated heterocycles. The predicted octanol–water partition coefficient (Wildman–Crippen LogP) is 4.38. The average molecular weight is 490 g/mol. The highest BCUT2D eigenvalue weighted by Gasteiger charge is 2.41. The van der Waals surface area contributed by atoms with Crippen molar-refractivity contribution in [3.8, 4) is 11.1 Å². The first-order valence-corrected chi connectivity index (χ1v) is 10.9. The fourth-order valence-electron chi connectivity index (χ4n) is 4.03. The highest BCUT2D eigenvalue weighted by atomic mass is 19.4. The Balaban J connectivity index is 1.59. The van der Waals surface area contributed by atoms with Gasteiger partial charge in [-0.3, -0.25) is 4.79 Å². The van der Waals surface area contributed by atoms with E-state index in [1.165, 1.54) is 6.08 Å². The summed E-state index contributed by atoms with van der Waals surface area (Å²) in [6.07, 6.45) is -6.32. The number of carboxylic acids is 1. The Labute approximate surface area is 200 Å². The monoisotopic (exact) mass is 490 g/mol. The summed E-state index contributed by atoms with van der Waals surface area (Å²) in [7, 11) is 0. The molecule has 35 heavy (non-hydrogen) atoms. The van der Waals surface area contributed by atoms with Gasteiger partial charge >= 0.3 is 18.2 Å². The zero-order chi connectivity index (χ0) is 25.6. The van der Waals surface area contributed by atoms with Gasteiger partial charge in [-0.2, -0.15) is 13.2 Å². The third kappa shape index (κ3) is 6.40. The van der Waals surface area contributed by atoms with Crippen molar-refractivity contribution >= 4 is 18.0 Å². The topological polar surface area (TPSA) is 105 Å². The van der Waals surface area contributed by atoms with E-state index in [4.69, 9.17) is 9.84 Å². The van der Waals surface area contributed by atoms with E-state index in [0.717, 1.165) is 22.3 Å². The zero-order valence-electron chi connectivity index (χ0n) is 18.7. The molecule has 0 saturated carbocycles. The summed E-state index contributed by atoms with van der Waals surface area (Å²) in [5.41, 5.74) is 3.79. The minimum Gasteiger partial charge on any atom is -0.480 e. The second-order valence-corrected chi connectivity index (χ2v) is 8.09. The molecular weight excluding hydrogens is 465 g/mol. The Bertz CT molecular complexity index is 1060. The van der Waals surface area contributed by atoms with Crippen molar-refractivity contribution < 1.29 is 37.4 Å². The van der Waals surface area contributed by atoms with E-state index in [9.17, 15) is 27.6 Å². The second kappa shape index (κ2) is 11.1. The lowest BCUT2D eigenvalue weighted by Gasteiger charge is -2.22. The Morgan fingerprint density at radius 2 is 1.60 bits per heavy atom. The fourth-order valence-corrected chi connectivity index (χ4v) is 4.03. The molecule has 0 aromatic heterocycles. The smallest absolute Gasteiger partial charge is 0.408 e. The third-order valence-electron chi connectivity index (χ3n) is 5.73. The van der Waals surface area contributed by atoms with Gasteiger partial charge in [0, 0.05) is 12.3 Å². The molecule has 3 N–H and O–H groups in total. The van der Waals surface area contributed by atoms with Crippen molar-refractivity contribution in [2.24, 2.45) is 0 Å². The predicted molar refractivity (Wildman–Crippen MR) is 122 cm³/mol. The number of hydrogen-bond acceptors (Lipinski definition) is 4. The van der Waals surface area contributed by atoms with Crippen LogP contribution in [0.5, 0.6) is 0 Å². The van der Waals surface area contributed by atoms with Crippen LogP contribution >= 0.6 is 0 Å². The first-order chi connectivity index (χ1) is 16.6. The van der Waals surface area contributed by atoms with Crippen LogP contribution in [0.1, 0.15) is 36.3 Å². The number of amides is 2. The number of carboxylic acid groups (broad SMARTS) is 1. The highest BCUT2D eigenvalue weighted by molar-refractivity contribution is 5.83. The molecule has 7 nitrogen and oxygen atoms in total. The lowest BCUT2D eigenvalue weighted by atomic mass is 9.98. The van der Waals surface area contributed by atoms with E-state index in [0.29, 0.717) is 0 Å². The van der Waals surface area contributed by atoms with Crippen molar-refractivity contribution in [3.63, 3.8) is 0 Å². The Morgan fingerprint density at radius 3 is 2.11 bits per heavy atom. The molecule has 0 heterocycles. The van der Waals surface area contributed by atoms with E-state index in [2.05, 4.69) is 11.9 Å². The molecule has 10 heteroatoms. The van der Waals surface area contributed by atoms with Gasteiger partial charge in [0.15, 0.2) is 0 Å². The summed E-state index contributed by atoms with van der Waals surface area (Å²) in [6.45, 7) is 3.22. The van der Waals surface area contributed by atoms with Crippen LogP contribution in [0.4, 0.5) is 18.0 Å². The molecule has 1 unspecified atom stereocenters. The average Bonchev–Trinajstić information content (AvgIpc) is 3.13. The van der Waals surface area contributed by atoms with Crippen molar-refractivity contribution in [2.75, 3.05) is 6.61 Å². The quantitative estimate of drug-likeness (QED) is 0.429. The van der Waals surface area contributed by atoms with Gasteiger partial charge in [-0.1, -0.05) is 54.6 Å². The van der Waals surface area contributed by atoms with Crippen molar-refractivity contribution in [3.05, 3.63) is 72.3 Å². The van der Waals surface area contributed by atoms with E-state index in [1.807, 2.05) is 48.5 Å².